The Kier molecular flexibility index (Phi) is 5.55. The van der Waals surface area contributed by atoms with Crippen LogP contribution >= 0.6 is 0 Å². The lowest BCUT2D eigenvalue weighted by Crippen LogP contribution is -2.27. The summed E-state index contributed by atoms with van der Waals surface area (Å²) in [5, 5.41) is 3.07. The Labute approximate surface area is 109 Å². The second kappa shape index (κ2) is 6.70. The van der Waals surface area contributed by atoms with Crippen LogP contribution in [0.4, 0.5) is 5.69 Å². The lowest BCUT2D eigenvalue weighted by molar-refractivity contribution is 0.549. The van der Waals surface area contributed by atoms with Crippen LogP contribution in [0.2, 0.25) is 0 Å². The number of sulfonamides is 1. The van der Waals surface area contributed by atoms with E-state index in [9.17, 15) is 8.42 Å². The van der Waals surface area contributed by atoms with Gasteiger partial charge in [-0.05, 0) is 31.4 Å². The number of nitrogens with one attached hydrogen (secondary N) is 2. The van der Waals surface area contributed by atoms with Crippen LogP contribution in [0.5, 0.6) is 0 Å². The second-order valence-electron chi connectivity index (χ2n) is 4.47. The summed E-state index contributed by atoms with van der Waals surface area (Å²) in [4.78, 5) is 3.95. The molecule has 18 heavy (non-hydrogen) atoms. The van der Waals surface area contributed by atoms with Crippen molar-refractivity contribution >= 4 is 15.7 Å². The van der Waals surface area contributed by atoms with Crippen molar-refractivity contribution in [1.82, 2.24) is 9.71 Å². The van der Waals surface area contributed by atoms with Crippen molar-refractivity contribution in [3.8, 4) is 0 Å². The topological polar surface area (TPSA) is 71.1 Å². The highest BCUT2D eigenvalue weighted by atomic mass is 32.2. The van der Waals surface area contributed by atoms with Gasteiger partial charge in [-0.1, -0.05) is 13.8 Å². The third kappa shape index (κ3) is 4.27. The first-order chi connectivity index (χ1) is 8.47. The zero-order valence-corrected chi connectivity index (χ0v) is 11.9. The highest BCUT2D eigenvalue weighted by Gasteiger charge is 2.19. The minimum Gasteiger partial charge on any atom is -0.383 e. The zero-order chi connectivity index (χ0) is 13.6. The molecule has 1 aromatic rings. The molecular formula is C12H21N3O2S. The van der Waals surface area contributed by atoms with Gasteiger partial charge in [0, 0.05) is 19.3 Å². The van der Waals surface area contributed by atoms with Gasteiger partial charge < -0.3 is 5.32 Å². The molecule has 1 rings (SSSR count). The maximum absolute atomic E-state index is 12.1. The summed E-state index contributed by atoms with van der Waals surface area (Å²) < 4.78 is 26.8. The standard InChI is InChI=1S/C12H21N3O2S/c1-4-13-11-6-5-8-14-12(11)18(16,17)15-9-7-10(2)3/h5-6,8,10,13,15H,4,7,9H2,1-3H3. The first-order valence-electron chi connectivity index (χ1n) is 6.16. The third-order valence-electron chi connectivity index (χ3n) is 2.41. The number of aromatic nitrogens is 1. The molecule has 1 aromatic heterocycles. The molecule has 0 radical (unpaired) electrons. The SMILES string of the molecule is CCNc1cccnc1S(=O)(=O)NCCC(C)C. The monoisotopic (exact) mass is 271 g/mol. The summed E-state index contributed by atoms with van der Waals surface area (Å²) in [7, 11) is -3.53. The number of anilines is 1. The van der Waals surface area contributed by atoms with Crippen LogP contribution in [-0.2, 0) is 10.0 Å². The highest BCUT2D eigenvalue weighted by Crippen LogP contribution is 2.17. The maximum Gasteiger partial charge on any atom is 0.260 e. The Morgan fingerprint density at radius 1 is 1.39 bits per heavy atom. The minimum absolute atomic E-state index is 0.0654. The predicted octanol–water partition coefficient (Wildman–Crippen LogP) is 1.84. The van der Waals surface area contributed by atoms with Crippen LogP contribution in [0, 0.1) is 5.92 Å². The normalized spacial score (nSPS) is 11.8. The fourth-order valence-corrected chi connectivity index (χ4v) is 2.63. The molecule has 0 fully saturated rings. The van der Waals surface area contributed by atoms with Crippen LogP contribution in [0.1, 0.15) is 27.2 Å². The van der Waals surface area contributed by atoms with E-state index in [4.69, 9.17) is 0 Å². The number of hydrogen-bond donors (Lipinski definition) is 2. The van der Waals surface area contributed by atoms with Crippen molar-refractivity contribution < 1.29 is 8.42 Å². The molecule has 0 spiro atoms. The van der Waals surface area contributed by atoms with Gasteiger partial charge in [-0.25, -0.2) is 18.1 Å². The molecule has 6 heteroatoms. The van der Waals surface area contributed by atoms with Gasteiger partial charge in [0.05, 0.1) is 5.69 Å². The van der Waals surface area contributed by atoms with E-state index >= 15 is 0 Å². The molecule has 0 aliphatic rings. The molecule has 1 heterocycles. The van der Waals surface area contributed by atoms with Crippen molar-refractivity contribution in [2.45, 2.75) is 32.2 Å². The summed E-state index contributed by atoms with van der Waals surface area (Å²) in [5.41, 5.74) is 0.539. The molecule has 0 saturated heterocycles. The van der Waals surface area contributed by atoms with Gasteiger partial charge in [0.2, 0.25) is 0 Å². The van der Waals surface area contributed by atoms with E-state index in [2.05, 4.69) is 28.9 Å². The molecule has 2 N–H and O–H groups in total. The van der Waals surface area contributed by atoms with Gasteiger partial charge in [0.1, 0.15) is 0 Å². The fourth-order valence-electron chi connectivity index (χ4n) is 1.48. The van der Waals surface area contributed by atoms with Crippen LogP contribution < -0.4 is 10.0 Å². The van der Waals surface area contributed by atoms with Crippen molar-refractivity contribution in [2.75, 3.05) is 18.4 Å². The molecule has 0 aliphatic carbocycles. The number of nitrogens with zero attached hydrogens (tertiary/aromatic N) is 1. The van der Waals surface area contributed by atoms with Gasteiger partial charge >= 0.3 is 0 Å². The Morgan fingerprint density at radius 2 is 2.11 bits per heavy atom. The summed E-state index contributed by atoms with van der Waals surface area (Å²) in [6.07, 6.45) is 2.29. The van der Waals surface area contributed by atoms with Crippen LogP contribution in [0.15, 0.2) is 23.4 Å². The molecule has 0 unspecified atom stereocenters. The lowest BCUT2D eigenvalue weighted by Gasteiger charge is -2.11. The summed E-state index contributed by atoms with van der Waals surface area (Å²) in [5.74, 6) is 0.463. The van der Waals surface area contributed by atoms with Crippen LogP contribution in [0.3, 0.4) is 0 Å². The summed E-state index contributed by atoms with van der Waals surface area (Å²) >= 11 is 0. The molecule has 0 aromatic carbocycles. The van der Waals surface area contributed by atoms with Gasteiger partial charge in [-0.15, -0.1) is 0 Å². The van der Waals surface area contributed by atoms with Crippen molar-refractivity contribution in [2.24, 2.45) is 5.92 Å². The van der Waals surface area contributed by atoms with E-state index in [0.29, 0.717) is 24.7 Å². The Morgan fingerprint density at radius 3 is 2.72 bits per heavy atom. The molecule has 0 atom stereocenters. The molecule has 0 aliphatic heterocycles. The Hall–Kier alpha value is -1.14. The smallest absolute Gasteiger partial charge is 0.260 e. The fraction of sp³-hybridized carbons (Fsp3) is 0.583. The predicted molar refractivity (Wildman–Crippen MR) is 73.0 cm³/mol. The molecule has 5 nitrogen and oxygen atoms in total. The molecule has 0 saturated carbocycles. The van der Waals surface area contributed by atoms with Crippen molar-refractivity contribution in [3.05, 3.63) is 18.3 Å². The number of pyridine rings is 1. The average Bonchev–Trinajstić information content (AvgIpc) is 2.29. The maximum atomic E-state index is 12.1. The van der Waals surface area contributed by atoms with Gasteiger partial charge in [0.25, 0.3) is 10.0 Å². The van der Waals surface area contributed by atoms with E-state index in [-0.39, 0.29) is 5.03 Å². The highest BCUT2D eigenvalue weighted by molar-refractivity contribution is 7.89. The van der Waals surface area contributed by atoms with E-state index in [1.54, 1.807) is 12.1 Å². The van der Waals surface area contributed by atoms with Crippen molar-refractivity contribution in [1.29, 1.82) is 0 Å². The van der Waals surface area contributed by atoms with Crippen molar-refractivity contribution in [3.63, 3.8) is 0 Å². The number of rotatable bonds is 7. The van der Waals surface area contributed by atoms with E-state index in [1.165, 1.54) is 6.20 Å². The Balaban J connectivity index is 2.84. The lowest BCUT2D eigenvalue weighted by atomic mass is 10.1. The van der Waals surface area contributed by atoms with Crippen LogP contribution in [-0.4, -0.2) is 26.5 Å². The molecule has 102 valence electrons. The first kappa shape index (κ1) is 14.9. The van der Waals surface area contributed by atoms with E-state index < -0.39 is 10.0 Å². The second-order valence-corrected chi connectivity index (χ2v) is 6.15. The van der Waals surface area contributed by atoms with Gasteiger partial charge in [0.15, 0.2) is 5.03 Å². The minimum atomic E-state index is -3.53. The quantitative estimate of drug-likeness (QED) is 0.794. The molecule has 0 bridgehead atoms. The van der Waals surface area contributed by atoms with E-state index in [0.717, 1.165) is 6.42 Å². The Bertz CT molecular complexity index is 472. The van der Waals surface area contributed by atoms with Gasteiger partial charge in [-0.3, -0.25) is 0 Å². The van der Waals surface area contributed by atoms with E-state index in [1.807, 2.05) is 6.92 Å². The summed E-state index contributed by atoms with van der Waals surface area (Å²) in [6, 6.07) is 3.43. The molecular weight excluding hydrogens is 250 g/mol. The van der Waals surface area contributed by atoms with Gasteiger partial charge in [-0.2, -0.15) is 0 Å². The largest absolute Gasteiger partial charge is 0.383 e. The average molecular weight is 271 g/mol. The zero-order valence-electron chi connectivity index (χ0n) is 11.1. The third-order valence-corrected chi connectivity index (χ3v) is 3.83. The first-order valence-corrected chi connectivity index (χ1v) is 7.64. The molecule has 0 amide bonds. The van der Waals surface area contributed by atoms with Crippen LogP contribution in [0.25, 0.3) is 0 Å². The number of hydrogen-bond acceptors (Lipinski definition) is 4. The summed E-state index contributed by atoms with van der Waals surface area (Å²) in [6.45, 7) is 7.11.